The van der Waals surface area contributed by atoms with E-state index in [9.17, 15) is 4.79 Å². The molecule has 0 bridgehead atoms. The smallest absolute Gasteiger partial charge is 0.157 e. The van der Waals surface area contributed by atoms with E-state index in [0.29, 0.717) is 18.1 Å². The van der Waals surface area contributed by atoms with E-state index in [1.807, 2.05) is 20.2 Å². The van der Waals surface area contributed by atoms with Crippen LogP contribution < -0.4 is 0 Å². The van der Waals surface area contributed by atoms with Crippen LogP contribution in [0, 0.1) is 5.92 Å². The first-order valence-electron chi connectivity index (χ1n) is 6.76. The average Bonchev–Trinajstić information content (AvgIpc) is 2.81. The van der Waals surface area contributed by atoms with Crippen LogP contribution in [-0.4, -0.2) is 30.3 Å². The lowest BCUT2D eigenvalue weighted by molar-refractivity contribution is -0.132. The summed E-state index contributed by atoms with van der Waals surface area (Å²) in [5.74, 6) is 0.967. The lowest BCUT2D eigenvalue weighted by Gasteiger charge is -2.43. The molecule has 1 fully saturated rings. The number of ketones is 1. The van der Waals surface area contributed by atoms with Crippen molar-refractivity contribution < 1.29 is 9.21 Å². The molecule has 1 aromatic rings. The van der Waals surface area contributed by atoms with E-state index in [-0.39, 0.29) is 5.54 Å². The summed E-state index contributed by atoms with van der Waals surface area (Å²) >= 11 is 0. The number of likely N-dealkylation sites (N-methyl/N-ethyl adjacent to an activating group) is 1. The molecule has 3 nitrogen and oxygen atoms in total. The zero-order valence-electron chi connectivity index (χ0n) is 11.6. The van der Waals surface area contributed by atoms with E-state index >= 15 is 0 Å². The van der Waals surface area contributed by atoms with Gasteiger partial charge in [-0.3, -0.25) is 9.69 Å². The molecule has 1 heterocycles. The Labute approximate surface area is 109 Å². The number of furan rings is 1. The Kier molecular flexibility index (Phi) is 3.91. The van der Waals surface area contributed by atoms with Crippen LogP contribution >= 0.6 is 0 Å². The van der Waals surface area contributed by atoms with Gasteiger partial charge in [-0.1, -0.05) is 19.8 Å². The molecular weight excluding hydrogens is 226 g/mol. The van der Waals surface area contributed by atoms with Gasteiger partial charge >= 0.3 is 0 Å². The largest absolute Gasteiger partial charge is 0.472 e. The van der Waals surface area contributed by atoms with Crippen molar-refractivity contribution in [3.8, 4) is 0 Å². The maximum absolute atomic E-state index is 12.7. The Bertz CT molecular complexity index is 397. The minimum absolute atomic E-state index is 0.269. The monoisotopic (exact) mass is 249 g/mol. The Balaban J connectivity index is 2.16. The summed E-state index contributed by atoms with van der Waals surface area (Å²) in [6.45, 7) is 2.25. The van der Waals surface area contributed by atoms with Gasteiger partial charge in [0.2, 0.25) is 0 Å². The van der Waals surface area contributed by atoms with Crippen LogP contribution in [0.4, 0.5) is 0 Å². The van der Waals surface area contributed by atoms with Crippen molar-refractivity contribution in [2.75, 3.05) is 14.1 Å². The first-order chi connectivity index (χ1) is 8.54. The molecule has 1 aromatic heterocycles. The van der Waals surface area contributed by atoms with Crippen molar-refractivity contribution in [3.05, 3.63) is 24.2 Å². The summed E-state index contributed by atoms with van der Waals surface area (Å²) in [6, 6.07) is 1.88. The van der Waals surface area contributed by atoms with Crippen molar-refractivity contribution in [2.24, 2.45) is 5.92 Å². The van der Waals surface area contributed by atoms with Crippen molar-refractivity contribution in [3.63, 3.8) is 0 Å². The van der Waals surface area contributed by atoms with Crippen LogP contribution in [0.15, 0.2) is 23.0 Å². The second-order valence-electron chi connectivity index (χ2n) is 5.86. The second-order valence-corrected chi connectivity index (χ2v) is 5.86. The molecule has 2 atom stereocenters. The summed E-state index contributed by atoms with van der Waals surface area (Å²) in [7, 11) is 4.07. The Morgan fingerprint density at radius 2 is 2.33 bits per heavy atom. The molecule has 100 valence electrons. The average molecular weight is 249 g/mol. The van der Waals surface area contributed by atoms with E-state index in [0.717, 1.165) is 24.8 Å². The van der Waals surface area contributed by atoms with E-state index in [1.54, 1.807) is 12.5 Å². The normalized spacial score (nSPS) is 28.6. The minimum atomic E-state index is -0.269. The summed E-state index contributed by atoms with van der Waals surface area (Å²) in [4.78, 5) is 14.8. The van der Waals surface area contributed by atoms with Crippen molar-refractivity contribution in [1.29, 1.82) is 0 Å². The van der Waals surface area contributed by atoms with Gasteiger partial charge in [-0.05, 0) is 44.5 Å². The van der Waals surface area contributed by atoms with Crippen LogP contribution in [0.2, 0.25) is 0 Å². The van der Waals surface area contributed by atoms with Gasteiger partial charge < -0.3 is 4.42 Å². The second kappa shape index (κ2) is 5.27. The lowest BCUT2D eigenvalue weighted by Crippen LogP contribution is -2.54. The fraction of sp³-hybridized carbons (Fsp3) is 0.667. The summed E-state index contributed by atoms with van der Waals surface area (Å²) < 4.78 is 5.05. The molecule has 18 heavy (non-hydrogen) atoms. The topological polar surface area (TPSA) is 33.5 Å². The van der Waals surface area contributed by atoms with Gasteiger partial charge in [0.25, 0.3) is 0 Å². The molecule has 3 heteroatoms. The zero-order chi connectivity index (χ0) is 13.2. The zero-order valence-corrected chi connectivity index (χ0v) is 11.6. The third-order valence-corrected chi connectivity index (χ3v) is 4.29. The molecule has 2 unspecified atom stereocenters. The van der Waals surface area contributed by atoms with Gasteiger partial charge in [-0.25, -0.2) is 0 Å². The van der Waals surface area contributed by atoms with Crippen LogP contribution in [0.3, 0.4) is 0 Å². The van der Waals surface area contributed by atoms with Crippen LogP contribution in [0.5, 0.6) is 0 Å². The molecule has 0 N–H and O–H groups in total. The van der Waals surface area contributed by atoms with Crippen LogP contribution in [-0.2, 0) is 11.2 Å². The first-order valence-corrected chi connectivity index (χ1v) is 6.76. The van der Waals surface area contributed by atoms with Crippen molar-refractivity contribution in [2.45, 2.75) is 44.6 Å². The van der Waals surface area contributed by atoms with Crippen LogP contribution in [0.1, 0.15) is 38.2 Å². The highest BCUT2D eigenvalue weighted by Gasteiger charge is 2.42. The third-order valence-electron chi connectivity index (χ3n) is 4.29. The SMILES string of the molecule is CC1CCCC(C(=O)Cc2ccoc2)(N(C)C)C1. The van der Waals surface area contributed by atoms with E-state index < -0.39 is 0 Å². The fourth-order valence-corrected chi connectivity index (χ4v) is 3.18. The Morgan fingerprint density at radius 1 is 1.56 bits per heavy atom. The molecule has 0 aliphatic heterocycles. The molecule has 0 saturated heterocycles. The Morgan fingerprint density at radius 3 is 2.89 bits per heavy atom. The van der Waals surface area contributed by atoms with Gasteiger partial charge in [0, 0.05) is 6.42 Å². The number of carbonyl (C=O) groups excluding carboxylic acids is 1. The summed E-state index contributed by atoms with van der Waals surface area (Å²) in [6.07, 6.45) is 8.16. The van der Waals surface area contributed by atoms with Crippen molar-refractivity contribution in [1.82, 2.24) is 4.90 Å². The molecule has 1 aliphatic carbocycles. The van der Waals surface area contributed by atoms with E-state index in [4.69, 9.17) is 4.42 Å². The number of hydrogen-bond donors (Lipinski definition) is 0. The third kappa shape index (κ3) is 2.51. The molecule has 2 rings (SSSR count). The standard InChI is InChI=1S/C15H23NO2/c1-12-5-4-7-15(10-12,16(2)3)14(17)9-13-6-8-18-11-13/h6,8,11-12H,4-5,7,9-10H2,1-3H3. The molecule has 0 spiro atoms. The fourth-order valence-electron chi connectivity index (χ4n) is 3.18. The minimum Gasteiger partial charge on any atom is -0.472 e. The van der Waals surface area contributed by atoms with Gasteiger partial charge in [0.15, 0.2) is 5.78 Å². The highest BCUT2D eigenvalue weighted by Crippen LogP contribution is 2.37. The predicted octanol–water partition coefficient (Wildman–Crippen LogP) is 2.90. The molecular formula is C15H23NO2. The number of carbonyl (C=O) groups is 1. The number of nitrogens with zero attached hydrogens (tertiary/aromatic N) is 1. The summed E-state index contributed by atoms with van der Waals surface area (Å²) in [5, 5.41) is 0. The number of hydrogen-bond acceptors (Lipinski definition) is 3. The maximum Gasteiger partial charge on any atom is 0.157 e. The van der Waals surface area contributed by atoms with Gasteiger partial charge in [-0.15, -0.1) is 0 Å². The molecule has 1 saturated carbocycles. The molecule has 1 aliphatic rings. The van der Waals surface area contributed by atoms with Gasteiger partial charge in [0.1, 0.15) is 0 Å². The Hall–Kier alpha value is -1.09. The number of Topliss-reactive ketones (excluding diaryl/α,β-unsaturated/α-hetero) is 1. The number of rotatable bonds is 4. The quantitative estimate of drug-likeness (QED) is 0.822. The lowest BCUT2D eigenvalue weighted by atomic mass is 9.72. The molecule has 0 aromatic carbocycles. The molecule has 0 radical (unpaired) electrons. The first kappa shape index (κ1) is 13.3. The predicted molar refractivity (Wildman–Crippen MR) is 71.5 cm³/mol. The van der Waals surface area contributed by atoms with Crippen LogP contribution in [0.25, 0.3) is 0 Å². The van der Waals surface area contributed by atoms with Gasteiger partial charge in [0.05, 0.1) is 18.1 Å². The molecule has 0 amide bonds. The highest BCUT2D eigenvalue weighted by atomic mass is 16.3. The van der Waals surface area contributed by atoms with E-state index in [1.165, 1.54) is 6.42 Å². The van der Waals surface area contributed by atoms with Crippen molar-refractivity contribution >= 4 is 5.78 Å². The van der Waals surface area contributed by atoms with E-state index in [2.05, 4.69) is 11.8 Å². The van der Waals surface area contributed by atoms with Gasteiger partial charge in [-0.2, -0.15) is 0 Å². The highest BCUT2D eigenvalue weighted by molar-refractivity contribution is 5.90. The summed E-state index contributed by atoms with van der Waals surface area (Å²) in [5.41, 5.74) is 0.717. The maximum atomic E-state index is 12.7.